The van der Waals surface area contributed by atoms with Gasteiger partial charge in [0.15, 0.2) is 0 Å². The molecule has 0 aliphatic carbocycles. The molecule has 4 rings (SSSR count). The highest BCUT2D eigenvalue weighted by atomic mass is 16.5. The number of carbonyl (C=O) groups is 3. The summed E-state index contributed by atoms with van der Waals surface area (Å²) in [7, 11) is 0. The maximum absolute atomic E-state index is 12.6. The molecule has 0 spiro atoms. The van der Waals surface area contributed by atoms with E-state index < -0.39 is 0 Å². The number of likely N-dealkylation sites (tertiary alicyclic amines) is 1. The van der Waals surface area contributed by atoms with Crippen molar-refractivity contribution < 1.29 is 19.1 Å². The van der Waals surface area contributed by atoms with Crippen LogP contribution in [-0.4, -0.2) is 66.4 Å². The Hall–Kier alpha value is -2.41. The van der Waals surface area contributed by atoms with Crippen molar-refractivity contribution in [2.45, 2.75) is 44.8 Å². The minimum Gasteiger partial charge on any atom is -0.368 e. The lowest BCUT2D eigenvalue weighted by molar-refractivity contribution is -0.133. The smallest absolute Gasteiger partial charge is 0.254 e. The molecule has 2 fully saturated rings. The van der Waals surface area contributed by atoms with E-state index in [0.717, 1.165) is 36.8 Å². The number of nitrogens with zero attached hydrogens (tertiary/aromatic N) is 2. The van der Waals surface area contributed by atoms with Gasteiger partial charge < -0.3 is 19.9 Å². The van der Waals surface area contributed by atoms with E-state index in [9.17, 15) is 14.4 Å². The SMILES string of the molecule is O=C(NCC1CCN(C(=O)CCN2Cc3ccccc3C2=O)CC1)[C@H]1CCCO1. The van der Waals surface area contributed by atoms with Crippen LogP contribution in [0.25, 0.3) is 0 Å². The topological polar surface area (TPSA) is 79.0 Å². The quantitative estimate of drug-likeness (QED) is 0.788. The fraction of sp³-hybridized carbons (Fsp3) is 0.591. The molecule has 1 N–H and O–H groups in total. The Morgan fingerprint density at radius 3 is 2.66 bits per heavy atom. The molecule has 3 aliphatic rings. The number of fused-ring (bicyclic) bond motifs is 1. The number of hydrogen-bond donors (Lipinski definition) is 1. The van der Waals surface area contributed by atoms with E-state index in [-0.39, 0.29) is 23.8 Å². The van der Waals surface area contributed by atoms with Gasteiger partial charge in [0, 0.05) is 51.3 Å². The van der Waals surface area contributed by atoms with Crippen molar-refractivity contribution in [2.75, 3.05) is 32.8 Å². The molecule has 1 aromatic carbocycles. The summed E-state index contributed by atoms with van der Waals surface area (Å²) in [6.07, 6.45) is 3.63. The minimum absolute atomic E-state index is 0.00252. The first kappa shape index (κ1) is 19.9. The maximum atomic E-state index is 12.6. The summed E-state index contributed by atoms with van der Waals surface area (Å²) in [4.78, 5) is 40.7. The van der Waals surface area contributed by atoms with E-state index in [1.807, 2.05) is 29.2 Å². The van der Waals surface area contributed by atoms with Gasteiger partial charge in [-0.1, -0.05) is 18.2 Å². The summed E-state index contributed by atoms with van der Waals surface area (Å²) in [6, 6.07) is 7.63. The first-order valence-corrected chi connectivity index (χ1v) is 10.7. The monoisotopic (exact) mass is 399 g/mol. The van der Waals surface area contributed by atoms with Crippen LogP contribution in [0, 0.1) is 5.92 Å². The summed E-state index contributed by atoms with van der Waals surface area (Å²) in [5, 5.41) is 3.00. The molecule has 29 heavy (non-hydrogen) atoms. The van der Waals surface area contributed by atoms with Crippen molar-refractivity contribution in [1.82, 2.24) is 15.1 Å². The molecular formula is C22H29N3O4. The van der Waals surface area contributed by atoms with Gasteiger partial charge in [-0.15, -0.1) is 0 Å². The number of carbonyl (C=O) groups excluding carboxylic acids is 3. The minimum atomic E-state index is -0.281. The van der Waals surface area contributed by atoms with E-state index in [1.165, 1.54) is 0 Å². The Bertz CT molecular complexity index is 767. The highest BCUT2D eigenvalue weighted by molar-refractivity contribution is 5.98. The molecule has 2 saturated heterocycles. The highest BCUT2D eigenvalue weighted by Crippen LogP contribution is 2.23. The second-order valence-electron chi connectivity index (χ2n) is 8.20. The first-order chi connectivity index (χ1) is 14.1. The molecule has 3 amide bonds. The second kappa shape index (κ2) is 8.95. The van der Waals surface area contributed by atoms with Gasteiger partial charge in [-0.05, 0) is 43.2 Å². The molecule has 1 aromatic rings. The fourth-order valence-electron chi connectivity index (χ4n) is 4.41. The van der Waals surface area contributed by atoms with E-state index in [0.29, 0.717) is 51.7 Å². The van der Waals surface area contributed by atoms with Crippen LogP contribution < -0.4 is 5.32 Å². The number of ether oxygens (including phenoxy) is 1. The predicted octanol–water partition coefficient (Wildman–Crippen LogP) is 1.57. The Labute approximate surface area is 171 Å². The van der Waals surface area contributed by atoms with Gasteiger partial charge in [0.05, 0.1) is 0 Å². The lowest BCUT2D eigenvalue weighted by Crippen LogP contribution is -2.43. The van der Waals surface area contributed by atoms with Gasteiger partial charge in [0.2, 0.25) is 11.8 Å². The van der Waals surface area contributed by atoms with Crippen LogP contribution in [0.5, 0.6) is 0 Å². The summed E-state index contributed by atoms with van der Waals surface area (Å²) >= 11 is 0. The summed E-state index contributed by atoms with van der Waals surface area (Å²) in [6.45, 7) is 3.81. The van der Waals surface area contributed by atoms with Crippen LogP contribution in [0.15, 0.2) is 24.3 Å². The standard InChI is InChI=1S/C22H29N3O4/c26-20(9-12-25-15-17-4-1-2-5-18(17)22(25)28)24-10-7-16(8-11-24)14-23-21(27)19-6-3-13-29-19/h1-2,4-5,16,19H,3,6-15H2,(H,23,27)/t19-/m1/s1. The van der Waals surface area contributed by atoms with Crippen molar-refractivity contribution in [3.05, 3.63) is 35.4 Å². The molecule has 3 aliphatic heterocycles. The Balaban J connectivity index is 1.16. The molecule has 0 aromatic heterocycles. The summed E-state index contributed by atoms with van der Waals surface area (Å²) in [5.74, 6) is 0.529. The highest BCUT2D eigenvalue weighted by Gasteiger charge is 2.29. The fourth-order valence-corrected chi connectivity index (χ4v) is 4.41. The number of nitrogens with one attached hydrogen (secondary N) is 1. The summed E-state index contributed by atoms with van der Waals surface area (Å²) < 4.78 is 5.41. The lowest BCUT2D eigenvalue weighted by Gasteiger charge is -2.32. The van der Waals surface area contributed by atoms with Crippen molar-refractivity contribution in [3.8, 4) is 0 Å². The predicted molar refractivity (Wildman–Crippen MR) is 107 cm³/mol. The van der Waals surface area contributed by atoms with Crippen molar-refractivity contribution in [3.63, 3.8) is 0 Å². The molecule has 7 heteroatoms. The van der Waals surface area contributed by atoms with Crippen molar-refractivity contribution in [1.29, 1.82) is 0 Å². The number of amides is 3. The van der Waals surface area contributed by atoms with Crippen LogP contribution in [0.4, 0.5) is 0 Å². The average molecular weight is 399 g/mol. The van der Waals surface area contributed by atoms with Gasteiger partial charge in [0.25, 0.3) is 5.91 Å². The number of benzene rings is 1. The van der Waals surface area contributed by atoms with E-state index in [1.54, 1.807) is 4.90 Å². The third kappa shape index (κ3) is 4.61. The first-order valence-electron chi connectivity index (χ1n) is 10.7. The third-order valence-corrected chi connectivity index (χ3v) is 6.25. The van der Waals surface area contributed by atoms with Gasteiger partial charge in [-0.3, -0.25) is 14.4 Å². The number of hydrogen-bond acceptors (Lipinski definition) is 4. The van der Waals surface area contributed by atoms with Gasteiger partial charge in [-0.25, -0.2) is 0 Å². The number of piperidine rings is 1. The second-order valence-corrected chi connectivity index (χ2v) is 8.20. The molecule has 3 heterocycles. The molecule has 0 saturated carbocycles. The summed E-state index contributed by atoms with van der Waals surface area (Å²) in [5.41, 5.74) is 1.79. The zero-order valence-electron chi connectivity index (χ0n) is 16.8. The van der Waals surface area contributed by atoms with E-state index in [4.69, 9.17) is 4.74 Å². The Morgan fingerprint density at radius 1 is 1.14 bits per heavy atom. The van der Waals surface area contributed by atoms with Gasteiger partial charge >= 0.3 is 0 Å². The molecule has 1 atom stereocenters. The number of rotatable bonds is 6. The van der Waals surface area contributed by atoms with Crippen LogP contribution >= 0.6 is 0 Å². The zero-order valence-corrected chi connectivity index (χ0v) is 16.8. The molecule has 0 unspecified atom stereocenters. The average Bonchev–Trinajstić information content (AvgIpc) is 3.40. The van der Waals surface area contributed by atoms with E-state index >= 15 is 0 Å². The zero-order chi connectivity index (χ0) is 20.2. The molecular weight excluding hydrogens is 370 g/mol. The normalized spacial score (nSPS) is 22.1. The lowest BCUT2D eigenvalue weighted by atomic mass is 9.96. The molecule has 156 valence electrons. The Morgan fingerprint density at radius 2 is 1.93 bits per heavy atom. The van der Waals surface area contributed by atoms with E-state index in [2.05, 4.69) is 5.32 Å². The van der Waals surface area contributed by atoms with Gasteiger partial charge in [-0.2, -0.15) is 0 Å². The van der Waals surface area contributed by atoms with Crippen LogP contribution in [0.1, 0.15) is 48.0 Å². The third-order valence-electron chi connectivity index (χ3n) is 6.25. The van der Waals surface area contributed by atoms with Crippen LogP contribution in [-0.2, 0) is 20.9 Å². The molecule has 0 bridgehead atoms. The molecule has 7 nitrogen and oxygen atoms in total. The Kier molecular flexibility index (Phi) is 6.13. The van der Waals surface area contributed by atoms with Gasteiger partial charge in [0.1, 0.15) is 6.10 Å². The molecule has 0 radical (unpaired) electrons. The largest absolute Gasteiger partial charge is 0.368 e. The van der Waals surface area contributed by atoms with Crippen LogP contribution in [0.3, 0.4) is 0 Å². The van der Waals surface area contributed by atoms with Crippen molar-refractivity contribution >= 4 is 17.7 Å². The van der Waals surface area contributed by atoms with Crippen molar-refractivity contribution in [2.24, 2.45) is 5.92 Å². The maximum Gasteiger partial charge on any atom is 0.254 e. The van der Waals surface area contributed by atoms with Crippen LogP contribution in [0.2, 0.25) is 0 Å².